The monoisotopic (exact) mass is 345 g/mol. The second-order valence-electron chi connectivity index (χ2n) is 5.48. The Morgan fingerprint density at radius 3 is 2.56 bits per heavy atom. The summed E-state index contributed by atoms with van der Waals surface area (Å²) >= 11 is 0. The van der Waals surface area contributed by atoms with Crippen molar-refractivity contribution >= 4 is 11.6 Å². The molecular weight excluding hydrogens is 322 g/mol. The summed E-state index contributed by atoms with van der Waals surface area (Å²) in [6, 6.07) is 5.30. The fourth-order valence-electron chi connectivity index (χ4n) is 2.51. The quantitative estimate of drug-likeness (QED) is 0.803. The standard InChI is InChI=1S/C18H23N3O4/c1-5-24-13-7-8-16(25-6-2)15(9-13)21-17(22)10-14-11(3)19-18(23)20-12(14)4/h7-9H,5-6,10H2,1-4H3,(H,21,22)(H,19,20,23). The van der Waals surface area contributed by atoms with Crippen molar-refractivity contribution in [3.8, 4) is 11.5 Å². The van der Waals surface area contributed by atoms with Gasteiger partial charge >= 0.3 is 5.69 Å². The van der Waals surface area contributed by atoms with Crippen LogP contribution in [0.25, 0.3) is 0 Å². The van der Waals surface area contributed by atoms with Gasteiger partial charge in [-0.3, -0.25) is 4.79 Å². The Bertz CT molecular complexity index is 788. The zero-order valence-electron chi connectivity index (χ0n) is 14.9. The molecule has 1 heterocycles. The number of hydrogen-bond donors (Lipinski definition) is 2. The molecule has 0 bridgehead atoms. The van der Waals surface area contributed by atoms with Gasteiger partial charge in [0.25, 0.3) is 0 Å². The lowest BCUT2D eigenvalue weighted by molar-refractivity contribution is -0.115. The van der Waals surface area contributed by atoms with E-state index < -0.39 is 5.69 Å². The second kappa shape index (κ2) is 8.32. The van der Waals surface area contributed by atoms with E-state index >= 15 is 0 Å². The average molecular weight is 345 g/mol. The van der Waals surface area contributed by atoms with Crippen molar-refractivity contribution in [3.63, 3.8) is 0 Å². The highest BCUT2D eigenvalue weighted by atomic mass is 16.5. The molecule has 0 aliphatic rings. The first-order chi connectivity index (χ1) is 11.9. The Balaban J connectivity index is 2.22. The molecule has 0 aliphatic carbocycles. The summed E-state index contributed by atoms with van der Waals surface area (Å²) in [4.78, 5) is 30.3. The van der Waals surface area contributed by atoms with E-state index in [0.29, 0.717) is 47.4 Å². The van der Waals surface area contributed by atoms with Crippen LogP contribution in [0, 0.1) is 13.8 Å². The molecule has 1 amide bonds. The summed E-state index contributed by atoms with van der Waals surface area (Å²) in [6.07, 6.45) is 0.103. The molecule has 2 N–H and O–H groups in total. The number of ether oxygens (including phenoxy) is 2. The van der Waals surface area contributed by atoms with Crippen molar-refractivity contribution in [2.45, 2.75) is 34.1 Å². The maximum absolute atomic E-state index is 12.5. The first kappa shape index (κ1) is 18.5. The highest BCUT2D eigenvalue weighted by Crippen LogP contribution is 2.29. The van der Waals surface area contributed by atoms with E-state index in [-0.39, 0.29) is 12.3 Å². The molecule has 0 atom stereocenters. The van der Waals surface area contributed by atoms with Crippen molar-refractivity contribution in [2.75, 3.05) is 18.5 Å². The fourth-order valence-corrected chi connectivity index (χ4v) is 2.51. The predicted octanol–water partition coefficient (Wildman–Crippen LogP) is 2.37. The van der Waals surface area contributed by atoms with Gasteiger partial charge in [-0.05, 0) is 39.8 Å². The van der Waals surface area contributed by atoms with Gasteiger partial charge in [-0.2, -0.15) is 4.98 Å². The molecule has 1 aromatic carbocycles. The highest BCUT2D eigenvalue weighted by Gasteiger charge is 2.14. The minimum absolute atomic E-state index is 0.103. The molecule has 0 saturated carbocycles. The van der Waals surface area contributed by atoms with Crippen LogP contribution in [-0.4, -0.2) is 29.1 Å². The maximum atomic E-state index is 12.5. The van der Waals surface area contributed by atoms with Crippen LogP contribution >= 0.6 is 0 Å². The number of nitrogens with one attached hydrogen (secondary N) is 2. The number of aryl methyl sites for hydroxylation is 2. The van der Waals surface area contributed by atoms with Crippen LogP contribution in [0.15, 0.2) is 23.0 Å². The first-order valence-corrected chi connectivity index (χ1v) is 8.20. The van der Waals surface area contributed by atoms with Gasteiger partial charge in [0.05, 0.1) is 25.3 Å². The SMILES string of the molecule is CCOc1ccc(OCC)c(NC(=O)Cc2c(C)nc(=O)[nH]c2C)c1. The molecule has 134 valence electrons. The molecule has 7 nitrogen and oxygen atoms in total. The minimum atomic E-state index is -0.415. The van der Waals surface area contributed by atoms with E-state index in [1.807, 2.05) is 13.8 Å². The van der Waals surface area contributed by atoms with Crippen LogP contribution in [0.4, 0.5) is 5.69 Å². The molecule has 1 aromatic heterocycles. The Morgan fingerprint density at radius 2 is 1.92 bits per heavy atom. The molecule has 2 aromatic rings. The molecule has 0 unspecified atom stereocenters. The smallest absolute Gasteiger partial charge is 0.345 e. The number of anilines is 1. The topological polar surface area (TPSA) is 93.3 Å². The number of nitrogens with zero attached hydrogens (tertiary/aromatic N) is 1. The highest BCUT2D eigenvalue weighted by molar-refractivity contribution is 5.94. The van der Waals surface area contributed by atoms with Gasteiger partial charge in [0, 0.05) is 23.0 Å². The Labute approximate surface area is 146 Å². The number of benzene rings is 1. The van der Waals surface area contributed by atoms with Gasteiger partial charge in [-0.15, -0.1) is 0 Å². The molecule has 0 spiro atoms. The Morgan fingerprint density at radius 1 is 1.20 bits per heavy atom. The number of aromatic nitrogens is 2. The van der Waals surface area contributed by atoms with Crippen LogP contribution in [0.3, 0.4) is 0 Å². The zero-order chi connectivity index (χ0) is 18.4. The van der Waals surface area contributed by atoms with Crippen LogP contribution in [0.1, 0.15) is 30.8 Å². The molecule has 25 heavy (non-hydrogen) atoms. The lowest BCUT2D eigenvalue weighted by Crippen LogP contribution is -2.21. The Kier molecular flexibility index (Phi) is 6.16. The largest absolute Gasteiger partial charge is 0.494 e. The zero-order valence-corrected chi connectivity index (χ0v) is 14.9. The summed E-state index contributed by atoms with van der Waals surface area (Å²) in [5, 5.41) is 2.85. The summed E-state index contributed by atoms with van der Waals surface area (Å²) in [5.41, 5.74) is 2.02. The minimum Gasteiger partial charge on any atom is -0.494 e. The second-order valence-corrected chi connectivity index (χ2v) is 5.48. The average Bonchev–Trinajstić information content (AvgIpc) is 2.54. The molecule has 0 radical (unpaired) electrons. The van der Waals surface area contributed by atoms with Crippen molar-refractivity contribution < 1.29 is 14.3 Å². The summed E-state index contributed by atoms with van der Waals surface area (Å²) < 4.78 is 11.0. The van der Waals surface area contributed by atoms with Gasteiger partial charge in [0.1, 0.15) is 11.5 Å². The molecule has 2 rings (SSSR count). The third-order valence-corrected chi connectivity index (χ3v) is 3.63. The summed E-state index contributed by atoms with van der Waals surface area (Å²) in [6.45, 7) is 8.25. The van der Waals surface area contributed by atoms with E-state index in [4.69, 9.17) is 9.47 Å². The van der Waals surface area contributed by atoms with Crippen LogP contribution in [0.2, 0.25) is 0 Å². The van der Waals surface area contributed by atoms with Crippen molar-refractivity contribution in [3.05, 3.63) is 45.6 Å². The lowest BCUT2D eigenvalue weighted by Gasteiger charge is -2.14. The van der Waals surface area contributed by atoms with E-state index in [9.17, 15) is 9.59 Å². The predicted molar refractivity (Wildman–Crippen MR) is 95.4 cm³/mol. The van der Waals surface area contributed by atoms with Crippen LogP contribution in [0.5, 0.6) is 11.5 Å². The number of carbonyl (C=O) groups excluding carboxylic acids is 1. The van der Waals surface area contributed by atoms with E-state index in [0.717, 1.165) is 0 Å². The van der Waals surface area contributed by atoms with Crippen molar-refractivity contribution in [1.29, 1.82) is 0 Å². The van der Waals surface area contributed by atoms with Crippen molar-refractivity contribution in [2.24, 2.45) is 0 Å². The molecule has 7 heteroatoms. The molecule has 0 saturated heterocycles. The van der Waals surface area contributed by atoms with Gasteiger partial charge in [-0.25, -0.2) is 4.79 Å². The number of H-pyrrole nitrogens is 1. The number of aromatic amines is 1. The van der Waals surface area contributed by atoms with Gasteiger partial charge in [-0.1, -0.05) is 0 Å². The number of rotatable bonds is 7. The normalized spacial score (nSPS) is 10.4. The maximum Gasteiger partial charge on any atom is 0.345 e. The fraction of sp³-hybridized carbons (Fsp3) is 0.389. The summed E-state index contributed by atoms with van der Waals surface area (Å²) in [5.74, 6) is 1.00. The van der Waals surface area contributed by atoms with E-state index in [2.05, 4.69) is 15.3 Å². The Hall–Kier alpha value is -2.83. The van der Waals surface area contributed by atoms with E-state index in [1.165, 1.54) is 0 Å². The lowest BCUT2D eigenvalue weighted by atomic mass is 10.1. The number of amides is 1. The van der Waals surface area contributed by atoms with Gasteiger partial charge < -0.3 is 19.8 Å². The molecular formula is C18H23N3O4. The van der Waals surface area contributed by atoms with Crippen molar-refractivity contribution in [1.82, 2.24) is 9.97 Å². The van der Waals surface area contributed by atoms with E-state index in [1.54, 1.807) is 32.0 Å². The number of carbonyl (C=O) groups is 1. The van der Waals surface area contributed by atoms with Crippen LogP contribution < -0.4 is 20.5 Å². The molecule has 0 fully saturated rings. The third-order valence-electron chi connectivity index (χ3n) is 3.63. The van der Waals surface area contributed by atoms with Gasteiger partial charge in [0.2, 0.25) is 5.91 Å². The number of hydrogen-bond acceptors (Lipinski definition) is 5. The van der Waals surface area contributed by atoms with Gasteiger partial charge in [0.15, 0.2) is 0 Å². The first-order valence-electron chi connectivity index (χ1n) is 8.20. The summed E-state index contributed by atoms with van der Waals surface area (Å²) in [7, 11) is 0. The third kappa shape index (κ3) is 4.82. The van der Waals surface area contributed by atoms with Crippen LogP contribution in [-0.2, 0) is 11.2 Å². The molecule has 0 aliphatic heterocycles.